The van der Waals surface area contributed by atoms with Crippen LogP contribution in [0.5, 0.6) is 0 Å². The zero-order valence-corrected chi connectivity index (χ0v) is 15.3. The number of benzene rings is 1. The number of halogens is 1. The minimum atomic E-state index is 0.0126. The Balaban J connectivity index is 1.59. The summed E-state index contributed by atoms with van der Waals surface area (Å²) in [5.74, 6) is 0.0126. The molecule has 0 aliphatic carbocycles. The number of hydrogen-bond acceptors (Lipinski definition) is 3. The van der Waals surface area contributed by atoms with Gasteiger partial charge in [0.15, 0.2) is 0 Å². The molecule has 2 heterocycles. The number of rotatable bonds is 6. The molecule has 4 nitrogen and oxygen atoms in total. The van der Waals surface area contributed by atoms with Crippen LogP contribution in [0.3, 0.4) is 0 Å². The zero-order valence-electron chi connectivity index (χ0n) is 14.6. The van der Waals surface area contributed by atoms with Crippen LogP contribution in [0.4, 0.5) is 0 Å². The quantitative estimate of drug-likeness (QED) is 0.706. The van der Waals surface area contributed by atoms with Gasteiger partial charge < -0.3 is 5.32 Å². The highest BCUT2D eigenvalue weighted by Crippen LogP contribution is 2.20. The summed E-state index contributed by atoms with van der Waals surface area (Å²) in [5, 5.41) is 3.73. The molecule has 1 N–H and O–H groups in total. The lowest BCUT2D eigenvalue weighted by Crippen LogP contribution is -2.23. The molecule has 0 saturated heterocycles. The molecule has 2 aromatic heterocycles. The average Bonchev–Trinajstić information content (AvgIpc) is 2.68. The number of nitrogens with one attached hydrogen (secondary N) is 1. The van der Waals surface area contributed by atoms with Gasteiger partial charge in [0.1, 0.15) is 0 Å². The number of pyridine rings is 2. The van der Waals surface area contributed by atoms with Gasteiger partial charge in [-0.1, -0.05) is 29.8 Å². The summed E-state index contributed by atoms with van der Waals surface area (Å²) in [7, 11) is 0. The van der Waals surface area contributed by atoms with Gasteiger partial charge in [-0.3, -0.25) is 14.8 Å². The molecule has 5 heteroatoms. The fourth-order valence-corrected chi connectivity index (χ4v) is 2.86. The van der Waals surface area contributed by atoms with Crippen molar-refractivity contribution in [2.45, 2.75) is 26.3 Å². The highest BCUT2D eigenvalue weighted by molar-refractivity contribution is 6.31. The molecule has 0 saturated carbocycles. The highest BCUT2D eigenvalue weighted by atomic mass is 35.5. The van der Waals surface area contributed by atoms with Crippen LogP contribution in [-0.4, -0.2) is 15.9 Å². The molecule has 1 amide bonds. The Hall–Kier alpha value is -2.72. The van der Waals surface area contributed by atoms with E-state index >= 15 is 0 Å². The summed E-state index contributed by atoms with van der Waals surface area (Å²) in [6.45, 7) is 2.41. The molecule has 0 radical (unpaired) electrons. The Labute approximate surface area is 158 Å². The third kappa shape index (κ3) is 4.67. The first-order chi connectivity index (χ1) is 12.6. The molecule has 0 fully saturated rings. The van der Waals surface area contributed by atoms with E-state index in [2.05, 4.69) is 15.3 Å². The molecule has 0 aliphatic heterocycles. The van der Waals surface area contributed by atoms with Crippen LogP contribution < -0.4 is 5.32 Å². The van der Waals surface area contributed by atoms with Gasteiger partial charge in [-0.15, -0.1) is 0 Å². The normalized spacial score (nSPS) is 10.5. The van der Waals surface area contributed by atoms with Gasteiger partial charge in [-0.25, -0.2) is 0 Å². The largest absolute Gasteiger partial charge is 0.352 e. The number of aryl methyl sites for hydroxylation is 2. The van der Waals surface area contributed by atoms with E-state index in [-0.39, 0.29) is 5.91 Å². The van der Waals surface area contributed by atoms with Crippen molar-refractivity contribution >= 4 is 17.5 Å². The van der Waals surface area contributed by atoms with Crippen molar-refractivity contribution in [1.29, 1.82) is 0 Å². The minimum Gasteiger partial charge on any atom is -0.352 e. The summed E-state index contributed by atoms with van der Waals surface area (Å²) in [4.78, 5) is 20.8. The molecule has 3 rings (SSSR count). The Morgan fingerprint density at radius 2 is 2.00 bits per heavy atom. The maximum Gasteiger partial charge on any atom is 0.220 e. The highest BCUT2D eigenvalue weighted by Gasteiger charge is 2.08. The number of hydrogen-bond donors (Lipinski definition) is 1. The molecular formula is C21H20ClN3O. The number of carbonyl (C=O) groups excluding carboxylic acids is 1. The average molecular weight is 366 g/mol. The minimum absolute atomic E-state index is 0.0126. The molecule has 0 unspecified atom stereocenters. The molecule has 0 atom stereocenters. The van der Waals surface area contributed by atoms with E-state index in [9.17, 15) is 4.79 Å². The molecule has 0 aliphatic rings. The molecule has 132 valence electrons. The second-order valence-corrected chi connectivity index (χ2v) is 6.52. The SMILES string of the molecule is Cc1cc(CCC(=O)NCc2cccnc2-c2cccnc2)ccc1Cl. The van der Waals surface area contributed by atoms with Gasteiger partial charge in [0, 0.05) is 42.1 Å². The van der Waals surface area contributed by atoms with Crippen molar-refractivity contribution in [3.05, 3.63) is 82.8 Å². The smallest absolute Gasteiger partial charge is 0.220 e. The summed E-state index contributed by atoms with van der Waals surface area (Å²) in [5.41, 5.74) is 4.89. The van der Waals surface area contributed by atoms with Crippen molar-refractivity contribution in [2.24, 2.45) is 0 Å². The number of nitrogens with zero attached hydrogens (tertiary/aromatic N) is 2. The monoisotopic (exact) mass is 365 g/mol. The predicted octanol–water partition coefficient (Wildman–Crippen LogP) is 4.35. The van der Waals surface area contributed by atoms with Crippen LogP contribution in [0, 0.1) is 6.92 Å². The Morgan fingerprint density at radius 3 is 2.77 bits per heavy atom. The Kier molecular flexibility index (Phi) is 5.97. The molecule has 0 spiro atoms. The van der Waals surface area contributed by atoms with E-state index in [0.29, 0.717) is 19.4 Å². The Bertz CT molecular complexity index is 897. The van der Waals surface area contributed by atoms with Gasteiger partial charge in [0.25, 0.3) is 0 Å². The third-order valence-electron chi connectivity index (χ3n) is 4.17. The molecule has 26 heavy (non-hydrogen) atoms. The predicted molar refractivity (Wildman–Crippen MR) is 104 cm³/mol. The van der Waals surface area contributed by atoms with Crippen LogP contribution in [0.25, 0.3) is 11.3 Å². The van der Waals surface area contributed by atoms with E-state index in [1.807, 2.05) is 49.4 Å². The molecular weight excluding hydrogens is 346 g/mol. The van der Waals surface area contributed by atoms with E-state index in [1.54, 1.807) is 18.6 Å². The van der Waals surface area contributed by atoms with Gasteiger partial charge >= 0.3 is 0 Å². The first kappa shape index (κ1) is 18.1. The van der Waals surface area contributed by atoms with Crippen LogP contribution in [0.15, 0.2) is 61.1 Å². The first-order valence-electron chi connectivity index (χ1n) is 8.49. The number of carbonyl (C=O) groups is 1. The first-order valence-corrected chi connectivity index (χ1v) is 8.87. The van der Waals surface area contributed by atoms with Crippen molar-refractivity contribution in [2.75, 3.05) is 0 Å². The maximum absolute atomic E-state index is 12.2. The fourth-order valence-electron chi connectivity index (χ4n) is 2.75. The van der Waals surface area contributed by atoms with Crippen molar-refractivity contribution < 1.29 is 4.79 Å². The van der Waals surface area contributed by atoms with E-state index in [0.717, 1.165) is 33.0 Å². The van der Waals surface area contributed by atoms with Crippen LogP contribution >= 0.6 is 11.6 Å². The lowest BCUT2D eigenvalue weighted by Gasteiger charge is -2.10. The standard InChI is InChI=1S/C21H20ClN3O/c1-15-12-16(6-8-19(15)22)7-9-20(26)25-14-18-5-3-11-24-21(18)17-4-2-10-23-13-17/h2-6,8,10-13H,7,9,14H2,1H3,(H,25,26). The maximum atomic E-state index is 12.2. The third-order valence-corrected chi connectivity index (χ3v) is 4.59. The van der Waals surface area contributed by atoms with Gasteiger partial charge in [0.2, 0.25) is 5.91 Å². The second kappa shape index (κ2) is 8.59. The van der Waals surface area contributed by atoms with Crippen molar-refractivity contribution in [1.82, 2.24) is 15.3 Å². The van der Waals surface area contributed by atoms with Gasteiger partial charge in [-0.05, 0) is 54.3 Å². The molecule has 0 bridgehead atoms. The molecule has 1 aromatic carbocycles. The van der Waals surface area contributed by atoms with Crippen molar-refractivity contribution in [3.63, 3.8) is 0 Å². The van der Waals surface area contributed by atoms with E-state index in [1.165, 1.54) is 0 Å². The lowest BCUT2D eigenvalue weighted by molar-refractivity contribution is -0.121. The van der Waals surface area contributed by atoms with Crippen LogP contribution in [-0.2, 0) is 17.8 Å². The topological polar surface area (TPSA) is 54.9 Å². The zero-order chi connectivity index (χ0) is 18.4. The summed E-state index contributed by atoms with van der Waals surface area (Å²) >= 11 is 6.04. The van der Waals surface area contributed by atoms with E-state index in [4.69, 9.17) is 11.6 Å². The number of aromatic nitrogens is 2. The lowest BCUT2D eigenvalue weighted by atomic mass is 10.1. The summed E-state index contributed by atoms with van der Waals surface area (Å²) in [6.07, 6.45) is 6.37. The van der Waals surface area contributed by atoms with Crippen LogP contribution in [0.2, 0.25) is 5.02 Å². The summed E-state index contributed by atoms with van der Waals surface area (Å²) < 4.78 is 0. The fraction of sp³-hybridized carbons (Fsp3) is 0.190. The number of amides is 1. The van der Waals surface area contributed by atoms with E-state index < -0.39 is 0 Å². The Morgan fingerprint density at radius 1 is 1.15 bits per heavy atom. The van der Waals surface area contributed by atoms with Crippen LogP contribution in [0.1, 0.15) is 23.1 Å². The van der Waals surface area contributed by atoms with Gasteiger partial charge in [0.05, 0.1) is 5.69 Å². The summed E-state index contributed by atoms with van der Waals surface area (Å²) in [6, 6.07) is 13.5. The second-order valence-electron chi connectivity index (χ2n) is 6.11. The van der Waals surface area contributed by atoms with Crippen molar-refractivity contribution in [3.8, 4) is 11.3 Å². The van der Waals surface area contributed by atoms with Gasteiger partial charge in [-0.2, -0.15) is 0 Å². The molecule has 3 aromatic rings.